The van der Waals surface area contributed by atoms with Crippen LogP contribution in [0.25, 0.3) is 0 Å². The van der Waals surface area contributed by atoms with Gasteiger partial charge in [0.05, 0.1) is 24.2 Å². The maximum atomic E-state index is 13.0. The summed E-state index contributed by atoms with van der Waals surface area (Å²) in [6.07, 6.45) is 0.998. The standard InChI is InChI=1S/C25H34N4O4S/c1-21(28-12-6-11-27(13-14-28)20-22-7-3-2-4-8-22)25(30)26-23-9-5-10-24(19-23)34(31,32)29-15-17-33-18-16-29/h2-5,7-10,19,21H,6,11-18,20H2,1H3,(H,26,30). The molecule has 2 saturated heterocycles. The fraction of sp³-hybridized carbons (Fsp3) is 0.480. The lowest BCUT2D eigenvalue weighted by molar-refractivity contribution is -0.120. The van der Waals surface area contributed by atoms with E-state index in [0.717, 1.165) is 39.1 Å². The summed E-state index contributed by atoms with van der Waals surface area (Å²) in [7, 11) is -3.61. The van der Waals surface area contributed by atoms with E-state index < -0.39 is 10.0 Å². The summed E-state index contributed by atoms with van der Waals surface area (Å²) in [6.45, 7) is 7.87. The molecule has 4 rings (SSSR count). The van der Waals surface area contributed by atoms with Crippen LogP contribution in [0.1, 0.15) is 18.9 Å². The average Bonchev–Trinajstić information content (AvgIpc) is 3.10. The maximum Gasteiger partial charge on any atom is 0.243 e. The van der Waals surface area contributed by atoms with E-state index in [2.05, 4.69) is 39.4 Å². The highest BCUT2D eigenvalue weighted by Crippen LogP contribution is 2.21. The largest absolute Gasteiger partial charge is 0.379 e. The van der Waals surface area contributed by atoms with Crippen molar-refractivity contribution in [2.24, 2.45) is 0 Å². The summed E-state index contributed by atoms with van der Waals surface area (Å²) in [5, 5.41) is 2.92. The molecule has 0 radical (unpaired) electrons. The summed E-state index contributed by atoms with van der Waals surface area (Å²) < 4.78 is 32.6. The van der Waals surface area contributed by atoms with Crippen molar-refractivity contribution in [1.82, 2.24) is 14.1 Å². The van der Waals surface area contributed by atoms with E-state index in [1.165, 1.54) is 9.87 Å². The van der Waals surface area contributed by atoms with Crippen LogP contribution in [-0.4, -0.2) is 87.0 Å². The van der Waals surface area contributed by atoms with Gasteiger partial charge in [-0.1, -0.05) is 36.4 Å². The van der Waals surface area contributed by atoms with Gasteiger partial charge in [0.2, 0.25) is 15.9 Å². The van der Waals surface area contributed by atoms with E-state index in [9.17, 15) is 13.2 Å². The van der Waals surface area contributed by atoms with Gasteiger partial charge in [0, 0.05) is 45.0 Å². The number of amides is 1. The minimum Gasteiger partial charge on any atom is -0.379 e. The number of nitrogens with one attached hydrogen (secondary N) is 1. The number of morpholine rings is 1. The lowest BCUT2D eigenvalue weighted by atomic mass is 10.2. The lowest BCUT2D eigenvalue weighted by Crippen LogP contribution is -2.44. The van der Waals surface area contributed by atoms with E-state index in [4.69, 9.17) is 4.74 Å². The molecule has 1 atom stereocenters. The van der Waals surface area contributed by atoms with Crippen LogP contribution in [-0.2, 0) is 26.1 Å². The Labute approximate surface area is 202 Å². The zero-order valence-corrected chi connectivity index (χ0v) is 20.5. The van der Waals surface area contributed by atoms with Crippen LogP contribution in [0.5, 0.6) is 0 Å². The Morgan fingerprint density at radius 1 is 0.971 bits per heavy atom. The average molecular weight is 487 g/mol. The molecule has 2 aliphatic heterocycles. The van der Waals surface area contributed by atoms with Crippen molar-refractivity contribution in [1.29, 1.82) is 0 Å². The maximum absolute atomic E-state index is 13.0. The van der Waals surface area contributed by atoms with Crippen LogP contribution in [0.15, 0.2) is 59.5 Å². The first-order valence-corrected chi connectivity index (χ1v) is 13.4. The topological polar surface area (TPSA) is 82.2 Å². The molecule has 2 aromatic rings. The smallest absolute Gasteiger partial charge is 0.243 e. The van der Waals surface area contributed by atoms with Gasteiger partial charge in [0.25, 0.3) is 0 Å². The fourth-order valence-electron chi connectivity index (χ4n) is 4.46. The molecule has 0 bridgehead atoms. The molecule has 8 nitrogen and oxygen atoms in total. The molecule has 34 heavy (non-hydrogen) atoms. The Bertz CT molecular complexity index is 1060. The number of hydrogen-bond acceptors (Lipinski definition) is 6. The van der Waals surface area contributed by atoms with Crippen LogP contribution in [0, 0.1) is 0 Å². The van der Waals surface area contributed by atoms with Gasteiger partial charge in [-0.3, -0.25) is 14.6 Å². The highest BCUT2D eigenvalue weighted by atomic mass is 32.2. The number of benzene rings is 2. The molecule has 184 valence electrons. The van der Waals surface area contributed by atoms with Gasteiger partial charge in [-0.25, -0.2) is 8.42 Å². The molecule has 2 aliphatic rings. The molecule has 1 unspecified atom stereocenters. The van der Waals surface area contributed by atoms with Gasteiger partial charge in [-0.05, 0) is 43.7 Å². The summed E-state index contributed by atoms with van der Waals surface area (Å²) in [5.74, 6) is -0.127. The van der Waals surface area contributed by atoms with E-state index in [1.54, 1.807) is 24.3 Å². The molecule has 0 aliphatic carbocycles. The summed E-state index contributed by atoms with van der Waals surface area (Å²) >= 11 is 0. The minimum atomic E-state index is -3.61. The summed E-state index contributed by atoms with van der Waals surface area (Å²) in [6, 6.07) is 16.6. The summed E-state index contributed by atoms with van der Waals surface area (Å²) in [5.41, 5.74) is 1.79. The van der Waals surface area contributed by atoms with Crippen molar-refractivity contribution in [2.45, 2.75) is 30.8 Å². The van der Waals surface area contributed by atoms with Crippen LogP contribution >= 0.6 is 0 Å². The van der Waals surface area contributed by atoms with Crippen molar-refractivity contribution in [2.75, 3.05) is 57.8 Å². The van der Waals surface area contributed by atoms with E-state index in [-0.39, 0.29) is 16.8 Å². The zero-order chi connectivity index (χ0) is 24.0. The third kappa shape index (κ3) is 6.22. The second-order valence-electron chi connectivity index (χ2n) is 8.86. The number of anilines is 1. The molecule has 2 aromatic carbocycles. The monoisotopic (exact) mass is 486 g/mol. The Morgan fingerprint density at radius 3 is 2.50 bits per heavy atom. The first-order chi connectivity index (χ1) is 16.4. The third-order valence-corrected chi connectivity index (χ3v) is 8.40. The molecule has 1 N–H and O–H groups in total. The third-order valence-electron chi connectivity index (χ3n) is 6.51. The van der Waals surface area contributed by atoms with Crippen molar-refractivity contribution in [3.63, 3.8) is 0 Å². The Hall–Kier alpha value is -2.30. The number of rotatable bonds is 7. The van der Waals surface area contributed by atoms with Crippen molar-refractivity contribution in [3.05, 3.63) is 60.2 Å². The molecule has 0 spiro atoms. The Morgan fingerprint density at radius 2 is 1.74 bits per heavy atom. The van der Waals surface area contributed by atoms with Gasteiger partial charge in [0.1, 0.15) is 0 Å². The highest BCUT2D eigenvalue weighted by Gasteiger charge is 2.27. The lowest BCUT2D eigenvalue weighted by Gasteiger charge is -2.27. The van der Waals surface area contributed by atoms with Gasteiger partial charge in [0.15, 0.2) is 0 Å². The second kappa shape index (κ2) is 11.4. The van der Waals surface area contributed by atoms with Crippen molar-refractivity contribution < 1.29 is 17.9 Å². The van der Waals surface area contributed by atoms with Crippen LogP contribution in [0.2, 0.25) is 0 Å². The first-order valence-electron chi connectivity index (χ1n) is 11.9. The first kappa shape index (κ1) is 24.8. The van der Waals surface area contributed by atoms with Crippen LogP contribution < -0.4 is 5.32 Å². The molecular weight excluding hydrogens is 452 g/mol. The predicted molar refractivity (Wildman–Crippen MR) is 132 cm³/mol. The van der Waals surface area contributed by atoms with Gasteiger partial charge >= 0.3 is 0 Å². The molecule has 2 fully saturated rings. The number of ether oxygens (including phenoxy) is 1. The summed E-state index contributed by atoms with van der Waals surface area (Å²) in [4.78, 5) is 17.8. The predicted octanol–water partition coefficient (Wildman–Crippen LogP) is 2.24. The van der Waals surface area contributed by atoms with E-state index in [0.29, 0.717) is 32.0 Å². The molecule has 2 heterocycles. The van der Waals surface area contributed by atoms with Gasteiger partial charge < -0.3 is 10.1 Å². The van der Waals surface area contributed by atoms with Crippen molar-refractivity contribution >= 4 is 21.6 Å². The molecule has 0 saturated carbocycles. The number of carbonyl (C=O) groups is 1. The van der Waals surface area contributed by atoms with Crippen LogP contribution in [0.3, 0.4) is 0 Å². The van der Waals surface area contributed by atoms with Crippen molar-refractivity contribution in [3.8, 4) is 0 Å². The van der Waals surface area contributed by atoms with Gasteiger partial charge in [-0.15, -0.1) is 0 Å². The molecular formula is C25H34N4O4S. The minimum absolute atomic E-state index is 0.127. The van der Waals surface area contributed by atoms with E-state index >= 15 is 0 Å². The second-order valence-corrected chi connectivity index (χ2v) is 10.8. The number of hydrogen-bond donors (Lipinski definition) is 1. The molecule has 0 aromatic heterocycles. The Kier molecular flexibility index (Phi) is 8.33. The number of nitrogens with zero attached hydrogens (tertiary/aromatic N) is 3. The molecule has 9 heteroatoms. The SMILES string of the molecule is CC(C(=O)Nc1cccc(S(=O)(=O)N2CCOCC2)c1)N1CCCN(Cc2ccccc2)CC1. The highest BCUT2D eigenvalue weighted by molar-refractivity contribution is 7.89. The Balaban J connectivity index is 1.35. The number of carbonyl (C=O) groups excluding carboxylic acids is 1. The fourth-order valence-corrected chi connectivity index (χ4v) is 5.92. The molecule has 1 amide bonds. The normalized spacial score (nSPS) is 19.9. The van der Waals surface area contributed by atoms with Gasteiger partial charge in [-0.2, -0.15) is 4.31 Å². The number of sulfonamides is 1. The zero-order valence-electron chi connectivity index (χ0n) is 19.7. The van der Waals surface area contributed by atoms with E-state index in [1.807, 2.05) is 13.0 Å². The van der Waals surface area contributed by atoms with Crippen LogP contribution in [0.4, 0.5) is 5.69 Å². The quantitative estimate of drug-likeness (QED) is 0.647.